The zero-order chi connectivity index (χ0) is 10.6. The van der Waals surface area contributed by atoms with Gasteiger partial charge in [-0.15, -0.1) is 0 Å². The highest BCUT2D eigenvalue weighted by Gasteiger charge is 1.99. The number of nitrogens with one attached hydrogen (secondary N) is 1. The van der Waals surface area contributed by atoms with Crippen LogP contribution in [0.5, 0.6) is 0 Å². The molecule has 0 aromatic heterocycles. The minimum Gasteiger partial charge on any atom is -0.310 e. The molecule has 0 heterocycles. The number of hydrogen-bond donors (Lipinski definition) is 1. The Bertz CT molecular complexity index is 318. The van der Waals surface area contributed by atoms with Gasteiger partial charge in [0.15, 0.2) is 0 Å². The zero-order valence-corrected chi connectivity index (χ0v) is 9.43. The van der Waals surface area contributed by atoms with E-state index in [9.17, 15) is 0 Å². The molecular weight excluding hydrogens is 194 g/mol. The molecule has 1 rings (SSSR count). The molecule has 0 spiro atoms. The summed E-state index contributed by atoms with van der Waals surface area (Å²) >= 11 is 6.05. The minimum absolute atomic E-state index is 0.493. The largest absolute Gasteiger partial charge is 0.310 e. The summed E-state index contributed by atoms with van der Waals surface area (Å²) < 4.78 is 0. The fraction of sp³-hybridized carbons (Fsp3) is 0.333. The van der Waals surface area contributed by atoms with E-state index in [2.05, 4.69) is 31.8 Å². The summed E-state index contributed by atoms with van der Waals surface area (Å²) in [6, 6.07) is 6.53. The van der Waals surface area contributed by atoms with Crippen LogP contribution < -0.4 is 5.32 Å². The Kier molecular flexibility index (Phi) is 4.18. The lowest BCUT2D eigenvalue weighted by Crippen LogP contribution is -2.21. The first-order valence-electron chi connectivity index (χ1n) is 4.77. The molecule has 0 amide bonds. The molecule has 76 valence electrons. The van der Waals surface area contributed by atoms with E-state index >= 15 is 0 Å². The first-order valence-corrected chi connectivity index (χ1v) is 5.15. The molecule has 0 atom stereocenters. The molecule has 0 aliphatic rings. The van der Waals surface area contributed by atoms with Crippen molar-refractivity contribution in [3.05, 3.63) is 40.9 Å². The van der Waals surface area contributed by atoms with Crippen molar-refractivity contribution in [2.24, 2.45) is 0 Å². The zero-order valence-electron chi connectivity index (χ0n) is 8.68. The minimum atomic E-state index is 0.493. The Labute approximate surface area is 90.8 Å². The van der Waals surface area contributed by atoms with Crippen molar-refractivity contribution < 1.29 is 0 Å². The quantitative estimate of drug-likeness (QED) is 0.801. The fourth-order valence-corrected chi connectivity index (χ4v) is 1.45. The Morgan fingerprint density at radius 2 is 2.21 bits per heavy atom. The first kappa shape index (κ1) is 11.3. The van der Waals surface area contributed by atoms with E-state index in [0.717, 1.165) is 17.1 Å². The van der Waals surface area contributed by atoms with Crippen molar-refractivity contribution in [1.82, 2.24) is 5.32 Å². The maximum atomic E-state index is 6.05. The van der Waals surface area contributed by atoms with Crippen LogP contribution in [0.25, 0.3) is 6.08 Å². The van der Waals surface area contributed by atoms with E-state index in [0.29, 0.717) is 6.04 Å². The highest BCUT2D eigenvalue weighted by molar-refractivity contribution is 6.32. The average Bonchev–Trinajstić information content (AvgIpc) is 2.15. The Hall–Kier alpha value is -0.790. The SMILES string of the molecule is C=Cc1ccc(CNC(C)C)cc1Cl. The third-order valence-electron chi connectivity index (χ3n) is 2.00. The van der Waals surface area contributed by atoms with Crippen LogP contribution in [0.3, 0.4) is 0 Å². The van der Waals surface area contributed by atoms with Gasteiger partial charge in [0.2, 0.25) is 0 Å². The molecule has 1 aromatic rings. The van der Waals surface area contributed by atoms with Crippen LogP contribution in [0, 0.1) is 0 Å². The van der Waals surface area contributed by atoms with Gasteiger partial charge >= 0.3 is 0 Å². The van der Waals surface area contributed by atoms with Crippen molar-refractivity contribution >= 4 is 17.7 Å². The Morgan fingerprint density at radius 3 is 2.71 bits per heavy atom. The number of halogens is 1. The van der Waals surface area contributed by atoms with Crippen LogP contribution >= 0.6 is 11.6 Å². The molecule has 0 radical (unpaired) electrons. The summed E-state index contributed by atoms with van der Waals surface area (Å²) in [5.41, 5.74) is 2.19. The summed E-state index contributed by atoms with van der Waals surface area (Å²) in [4.78, 5) is 0. The first-order chi connectivity index (χ1) is 6.63. The molecule has 0 aliphatic heterocycles. The second kappa shape index (κ2) is 5.18. The molecule has 0 fully saturated rings. The number of rotatable bonds is 4. The molecule has 0 saturated carbocycles. The standard InChI is InChI=1S/C12H16ClN/c1-4-11-6-5-10(7-12(11)13)8-14-9(2)3/h4-7,9,14H,1,8H2,2-3H3. The predicted molar refractivity (Wildman–Crippen MR) is 63.5 cm³/mol. The monoisotopic (exact) mass is 209 g/mol. The normalized spacial score (nSPS) is 10.6. The summed E-state index contributed by atoms with van der Waals surface area (Å²) in [5.74, 6) is 0. The van der Waals surface area contributed by atoms with Crippen LogP contribution in [-0.4, -0.2) is 6.04 Å². The van der Waals surface area contributed by atoms with Gasteiger partial charge in [0, 0.05) is 17.6 Å². The molecule has 2 heteroatoms. The van der Waals surface area contributed by atoms with Crippen LogP contribution in [0.2, 0.25) is 5.02 Å². The molecule has 1 aromatic carbocycles. The molecule has 14 heavy (non-hydrogen) atoms. The van der Waals surface area contributed by atoms with E-state index < -0.39 is 0 Å². The molecule has 0 unspecified atom stereocenters. The molecule has 0 aliphatic carbocycles. The van der Waals surface area contributed by atoms with Crippen molar-refractivity contribution in [3.8, 4) is 0 Å². The van der Waals surface area contributed by atoms with Gasteiger partial charge in [-0.3, -0.25) is 0 Å². The second-order valence-corrected chi connectivity index (χ2v) is 4.00. The van der Waals surface area contributed by atoms with E-state index in [1.165, 1.54) is 5.56 Å². The van der Waals surface area contributed by atoms with Crippen molar-refractivity contribution in [3.63, 3.8) is 0 Å². The van der Waals surface area contributed by atoms with E-state index in [-0.39, 0.29) is 0 Å². The number of benzene rings is 1. The molecule has 0 bridgehead atoms. The predicted octanol–water partition coefficient (Wildman–Crippen LogP) is 3.48. The smallest absolute Gasteiger partial charge is 0.0481 e. The van der Waals surface area contributed by atoms with Crippen LogP contribution in [0.4, 0.5) is 0 Å². The third-order valence-corrected chi connectivity index (χ3v) is 2.33. The van der Waals surface area contributed by atoms with Crippen molar-refractivity contribution in [2.45, 2.75) is 26.4 Å². The summed E-state index contributed by atoms with van der Waals surface area (Å²) in [6.45, 7) is 8.80. The van der Waals surface area contributed by atoms with Gasteiger partial charge in [-0.1, -0.05) is 50.2 Å². The van der Waals surface area contributed by atoms with E-state index in [4.69, 9.17) is 11.6 Å². The summed E-state index contributed by atoms with van der Waals surface area (Å²) in [5, 5.41) is 4.11. The van der Waals surface area contributed by atoms with E-state index in [1.807, 2.05) is 12.1 Å². The Balaban J connectivity index is 2.71. The van der Waals surface area contributed by atoms with Gasteiger partial charge in [-0.05, 0) is 17.2 Å². The maximum Gasteiger partial charge on any atom is 0.0481 e. The van der Waals surface area contributed by atoms with Crippen LogP contribution in [-0.2, 0) is 6.54 Å². The van der Waals surface area contributed by atoms with Gasteiger partial charge in [-0.25, -0.2) is 0 Å². The molecule has 1 nitrogen and oxygen atoms in total. The van der Waals surface area contributed by atoms with Crippen LogP contribution in [0.15, 0.2) is 24.8 Å². The molecule has 0 saturated heterocycles. The maximum absolute atomic E-state index is 6.05. The van der Waals surface area contributed by atoms with E-state index in [1.54, 1.807) is 6.08 Å². The third kappa shape index (κ3) is 3.17. The topological polar surface area (TPSA) is 12.0 Å². The number of hydrogen-bond acceptors (Lipinski definition) is 1. The van der Waals surface area contributed by atoms with Gasteiger partial charge in [-0.2, -0.15) is 0 Å². The van der Waals surface area contributed by atoms with Gasteiger partial charge in [0.25, 0.3) is 0 Å². The summed E-state index contributed by atoms with van der Waals surface area (Å²) in [7, 11) is 0. The van der Waals surface area contributed by atoms with Crippen molar-refractivity contribution in [2.75, 3.05) is 0 Å². The van der Waals surface area contributed by atoms with Gasteiger partial charge in [0.05, 0.1) is 0 Å². The van der Waals surface area contributed by atoms with Gasteiger partial charge < -0.3 is 5.32 Å². The summed E-state index contributed by atoms with van der Waals surface area (Å²) in [6.07, 6.45) is 1.77. The fourth-order valence-electron chi connectivity index (χ4n) is 1.17. The van der Waals surface area contributed by atoms with Crippen molar-refractivity contribution in [1.29, 1.82) is 0 Å². The highest BCUT2D eigenvalue weighted by atomic mass is 35.5. The lowest BCUT2D eigenvalue weighted by Gasteiger charge is -2.08. The average molecular weight is 210 g/mol. The highest BCUT2D eigenvalue weighted by Crippen LogP contribution is 2.18. The molecular formula is C12H16ClN. The second-order valence-electron chi connectivity index (χ2n) is 3.60. The van der Waals surface area contributed by atoms with Crippen LogP contribution in [0.1, 0.15) is 25.0 Å². The lowest BCUT2D eigenvalue weighted by atomic mass is 10.1. The Morgan fingerprint density at radius 1 is 1.50 bits per heavy atom. The van der Waals surface area contributed by atoms with Gasteiger partial charge in [0.1, 0.15) is 0 Å². The molecule has 1 N–H and O–H groups in total. The lowest BCUT2D eigenvalue weighted by molar-refractivity contribution is 0.589.